The fourth-order valence-electron chi connectivity index (χ4n) is 3.66. The van der Waals surface area contributed by atoms with Gasteiger partial charge in [-0.2, -0.15) is 0 Å². The molecule has 1 aromatic heterocycles. The van der Waals surface area contributed by atoms with Crippen LogP contribution < -0.4 is 10.6 Å². The monoisotopic (exact) mass is 413 g/mol. The van der Waals surface area contributed by atoms with Gasteiger partial charge in [-0.25, -0.2) is 9.37 Å². The number of rotatable bonds is 7. The number of benzene rings is 1. The van der Waals surface area contributed by atoms with Crippen molar-refractivity contribution >= 4 is 28.1 Å². The van der Waals surface area contributed by atoms with Crippen molar-refractivity contribution in [2.45, 2.75) is 32.3 Å². The Bertz CT molecular complexity index is 982. The second-order valence-electron chi connectivity index (χ2n) is 7.59. The molecule has 0 bridgehead atoms. The highest BCUT2D eigenvalue weighted by molar-refractivity contribution is 7.18. The number of nitrogens with zero attached hydrogens (tertiary/aromatic N) is 1. The summed E-state index contributed by atoms with van der Waals surface area (Å²) in [4.78, 5) is 17.1. The zero-order valence-corrected chi connectivity index (χ0v) is 17.3. The van der Waals surface area contributed by atoms with E-state index in [9.17, 15) is 9.18 Å². The van der Waals surface area contributed by atoms with Crippen molar-refractivity contribution in [1.82, 2.24) is 4.98 Å². The van der Waals surface area contributed by atoms with Crippen LogP contribution in [0.5, 0.6) is 0 Å². The summed E-state index contributed by atoms with van der Waals surface area (Å²) in [6.07, 6.45) is 6.91. The standard InChI is InChI=1S/C22H24FN3O2S/c1-13(7-14-3-6-19(28-2)17(23)8-14)11-24-22-25-12-20(29-22)15-4-5-18-16(9-15)10-21(27)26-18/h3-5,8-9,12-13,19H,6-7,10-11H2,1-2H3,(H,24,25)(H,26,27). The van der Waals surface area contributed by atoms with E-state index in [1.165, 1.54) is 7.11 Å². The number of ether oxygens (including phenoxy) is 1. The van der Waals surface area contributed by atoms with Gasteiger partial charge < -0.3 is 15.4 Å². The number of aromatic nitrogens is 1. The number of carbonyl (C=O) groups excluding carboxylic acids is 1. The van der Waals surface area contributed by atoms with Crippen molar-refractivity contribution < 1.29 is 13.9 Å². The minimum Gasteiger partial charge on any atom is -0.374 e. The van der Waals surface area contributed by atoms with Crippen LogP contribution in [0.2, 0.25) is 0 Å². The highest BCUT2D eigenvalue weighted by Gasteiger charge is 2.19. The first kappa shape index (κ1) is 19.8. The molecule has 2 aliphatic rings. The van der Waals surface area contributed by atoms with Crippen LogP contribution in [0, 0.1) is 5.92 Å². The summed E-state index contributed by atoms with van der Waals surface area (Å²) in [5, 5.41) is 7.10. The van der Waals surface area contributed by atoms with E-state index in [1.807, 2.05) is 18.3 Å². The molecule has 0 saturated heterocycles. The summed E-state index contributed by atoms with van der Waals surface area (Å²) in [5.41, 5.74) is 4.02. The Morgan fingerprint density at radius 2 is 2.31 bits per heavy atom. The second-order valence-corrected chi connectivity index (χ2v) is 8.62. The van der Waals surface area contributed by atoms with Crippen molar-refractivity contribution in [3.63, 3.8) is 0 Å². The fraction of sp³-hybridized carbons (Fsp3) is 0.364. The molecule has 1 amide bonds. The minimum atomic E-state index is -0.436. The maximum Gasteiger partial charge on any atom is 0.228 e. The van der Waals surface area contributed by atoms with Crippen LogP contribution in [-0.2, 0) is 16.0 Å². The first-order valence-corrected chi connectivity index (χ1v) is 10.5. The molecule has 0 fully saturated rings. The normalized spacial score (nSPS) is 19.3. The lowest BCUT2D eigenvalue weighted by molar-refractivity contribution is -0.115. The van der Waals surface area contributed by atoms with E-state index >= 15 is 0 Å². The molecule has 152 valence electrons. The van der Waals surface area contributed by atoms with Crippen LogP contribution in [0.1, 0.15) is 25.3 Å². The Morgan fingerprint density at radius 3 is 3.10 bits per heavy atom. The predicted molar refractivity (Wildman–Crippen MR) is 115 cm³/mol. The van der Waals surface area contributed by atoms with Crippen molar-refractivity contribution in [2.24, 2.45) is 5.92 Å². The Labute approximate surface area is 173 Å². The first-order valence-electron chi connectivity index (χ1n) is 9.73. The molecule has 0 radical (unpaired) electrons. The van der Waals surface area contributed by atoms with Gasteiger partial charge in [0.2, 0.25) is 5.91 Å². The molecule has 5 nitrogen and oxygen atoms in total. The minimum absolute atomic E-state index is 0.0401. The number of hydrogen-bond donors (Lipinski definition) is 2. The number of amides is 1. The van der Waals surface area contributed by atoms with E-state index in [-0.39, 0.29) is 11.7 Å². The molecular formula is C22H24FN3O2S. The second kappa shape index (κ2) is 8.47. The van der Waals surface area contributed by atoms with Gasteiger partial charge in [0, 0.05) is 25.5 Å². The summed E-state index contributed by atoms with van der Waals surface area (Å²) < 4.78 is 19.0. The highest BCUT2D eigenvalue weighted by atomic mass is 32.1. The van der Waals surface area contributed by atoms with E-state index < -0.39 is 6.10 Å². The molecule has 29 heavy (non-hydrogen) atoms. The molecule has 0 saturated carbocycles. The van der Waals surface area contributed by atoms with E-state index in [1.54, 1.807) is 17.4 Å². The number of nitrogens with one attached hydrogen (secondary N) is 2. The number of hydrogen-bond acceptors (Lipinski definition) is 5. The number of methoxy groups -OCH3 is 1. The smallest absolute Gasteiger partial charge is 0.228 e. The molecule has 7 heteroatoms. The Balaban J connectivity index is 1.33. The number of fused-ring (bicyclic) bond motifs is 1. The average molecular weight is 414 g/mol. The largest absolute Gasteiger partial charge is 0.374 e. The third kappa shape index (κ3) is 4.57. The Kier molecular flexibility index (Phi) is 5.78. The van der Waals surface area contributed by atoms with Gasteiger partial charge in [0.25, 0.3) is 0 Å². The van der Waals surface area contributed by atoms with Crippen molar-refractivity contribution in [1.29, 1.82) is 0 Å². The third-order valence-electron chi connectivity index (χ3n) is 5.22. The molecule has 0 spiro atoms. The summed E-state index contributed by atoms with van der Waals surface area (Å²) >= 11 is 1.59. The number of thiazole rings is 1. The molecule has 1 aliphatic carbocycles. The van der Waals surface area contributed by atoms with Crippen molar-refractivity contribution in [2.75, 3.05) is 24.3 Å². The highest BCUT2D eigenvalue weighted by Crippen LogP contribution is 2.33. The van der Waals surface area contributed by atoms with Gasteiger partial charge in [-0.1, -0.05) is 30.4 Å². The van der Waals surface area contributed by atoms with E-state index in [0.29, 0.717) is 18.8 Å². The first-order chi connectivity index (χ1) is 14.0. The SMILES string of the molecule is COC1CC=C(CC(C)CNc2ncc(-c3ccc4c(c3)CC(=O)N4)s2)C=C1F. The Hall–Kier alpha value is -2.51. The zero-order chi connectivity index (χ0) is 20.4. The molecule has 2 N–H and O–H groups in total. The lowest BCUT2D eigenvalue weighted by Crippen LogP contribution is -2.16. The number of carbonyl (C=O) groups is 1. The molecule has 2 unspecified atom stereocenters. The number of allylic oxidation sites excluding steroid dienone is 2. The van der Waals surface area contributed by atoms with Crippen molar-refractivity contribution in [3.05, 3.63) is 53.5 Å². The lowest BCUT2D eigenvalue weighted by atomic mass is 9.95. The third-order valence-corrected chi connectivity index (χ3v) is 6.22. The topological polar surface area (TPSA) is 63.2 Å². The van der Waals surface area contributed by atoms with Gasteiger partial charge in [-0.05, 0) is 53.7 Å². The molecule has 4 rings (SSSR count). The van der Waals surface area contributed by atoms with Gasteiger partial charge >= 0.3 is 0 Å². The average Bonchev–Trinajstić information content (AvgIpc) is 3.31. The van der Waals surface area contributed by atoms with Gasteiger partial charge in [-0.15, -0.1) is 0 Å². The van der Waals surface area contributed by atoms with Gasteiger partial charge in [-0.3, -0.25) is 4.79 Å². The number of anilines is 2. The maximum atomic E-state index is 13.9. The summed E-state index contributed by atoms with van der Waals surface area (Å²) in [6.45, 7) is 2.90. The van der Waals surface area contributed by atoms with Crippen LogP contribution in [0.3, 0.4) is 0 Å². The molecule has 2 heterocycles. The van der Waals surface area contributed by atoms with E-state index in [4.69, 9.17) is 4.74 Å². The number of halogens is 1. The van der Waals surface area contributed by atoms with Crippen LogP contribution in [0.25, 0.3) is 10.4 Å². The van der Waals surface area contributed by atoms with Crippen LogP contribution in [-0.4, -0.2) is 30.6 Å². The maximum absolute atomic E-state index is 13.9. The van der Waals surface area contributed by atoms with Crippen LogP contribution >= 0.6 is 11.3 Å². The molecule has 2 atom stereocenters. The fourth-order valence-corrected chi connectivity index (χ4v) is 4.48. The van der Waals surface area contributed by atoms with E-state index in [2.05, 4.69) is 34.7 Å². The van der Waals surface area contributed by atoms with Gasteiger partial charge in [0.1, 0.15) is 11.9 Å². The molecule has 1 aliphatic heterocycles. The van der Waals surface area contributed by atoms with Crippen LogP contribution in [0.15, 0.2) is 47.9 Å². The molecule has 1 aromatic carbocycles. The zero-order valence-electron chi connectivity index (χ0n) is 16.5. The van der Waals surface area contributed by atoms with Crippen LogP contribution in [0.4, 0.5) is 15.2 Å². The predicted octanol–water partition coefficient (Wildman–Crippen LogP) is 4.94. The lowest BCUT2D eigenvalue weighted by Gasteiger charge is -2.19. The summed E-state index contributed by atoms with van der Waals surface area (Å²) in [6, 6.07) is 6.01. The van der Waals surface area contributed by atoms with E-state index in [0.717, 1.165) is 45.4 Å². The molecule has 2 aromatic rings. The summed E-state index contributed by atoms with van der Waals surface area (Å²) in [7, 11) is 1.53. The van der Waals surface area contributed by atoms with Gasteiger partial charge in [0.05, 0.1) is 11.3 Å². The summed E-state index contributed by atoms with van der Waals surface area (Å²) in [5.74, 6) is 0.188. The Morgan fingerprint density at radius 1 is 1.45 bits per heavy atom. The molecular weight excluding hydrogens is 389 g/mol. The van der Waals surface area contributed by atoms with Gasteiger partial charge in [0.15, 0.2) is 5.13 Å². The van der Waals surface area contributed by atoms with Crippen molar-refractivity contribution in [3.8, 4) is 10.4 Å². The quantitative estimate of drug-likeness (QED) is 0.675.